The molecule has 2 N–H and O–H groups in total. The molecule has 1 aromatic rings. The van der Waals surface area contributed by atoms with Crippen molar-refractivity contribution in [3.63, 3.8) is 0 Å². The molecule has 0 aliphatic heterocycles. The van der Waals surface area contributed by atoms with Gasteiger partial charge in [-0.1, -0.05) is 12.1 Å². The van der Waals surface area contributed by atoms with E-state index in [4.69, 9.17) is 0 Å². The van der Waals surface area contributed by atoms with Gasteiger partial charge in [0.1, 0.15) is 5.82 Å². The molecule has 1 rings (SSSR count). The van der Waals surface area contributed by atoms with E-state index in [2.05, 4.69) is 10.0 Å². The van der Waals surface area contributed by atoms with Gasteiger partial charge in [0.15, 0.2) is 0 Å². The monoisotopic (exact) mass is 288 g/mol. The van der Waals surface area contributed by atoms with Crippen molar-refractivity contribution in [2.75, 3.05) is 12.8 Å². The lowest BCUT2D eigenvalue weighted by Gasteiger charge is -2.12. The van der Waals surface area contributed by atoms with Crippen molar-refractivity contribution in [1.82, 2.24) is 10.0 Å². The van der Waals surface area contributed by atoms with Gasteiger partial charge in [0.05, 0.1) is 12.3 Å². The summed E-state index contributed by atoms with van der Waals surface area (Å²) in [6, 6.07) is 5.17. The number of sulfonamides is 1. The number of amides is 1. The number of nitrogens with one attached hydrogen (secondary N) is 2. The van der Waals surface area contributed by atoms with Crippen LogP contribution in [0.2, 0.25) is 0 Å². The number of benzene rings is 1. The van der Waals surface area contributed by atoms with E-state index >= 15 is 0 Å². The summed E-state index contributed by atoms with van der Waals surface area (Å²) in [5.74, 6) is -0.703. The normalized spacial score (nSPS) is 13.0. The van der Waals surface area contributed by atoms with Crippen molar-refractivity contribution in [1.29, 1.82) is 0 Å². The molecule has 0 heterocycles. The lowest BCUT2D eigenvalue weighted by Crippen LogP contribution is -2.44. The van der Waals surface area contributed by atoms with Crippen LogP contribution < -0.4 is 10.0 Å². The highest BCUT2D eigenvalue weighted by molar-refractivity contribution is 7.88. The maximum absolute atomic E-state index is 12.7. The molecular weight excluding hydrogens is 271 g/mol. The van der Waals surface area contributed by atoms with Gasteiger partial charge in [0.2, 0.25) is 15.9 Å². The van der Waals surface area contributed by atoms with E-state index < -0.39 is 22.0 Å². The van der Waals surface area contributed by atoms with E-state index in [0.29, 0.717) is 13.0 Å². The Morgan fingerprint density at radius 1 is 1.32 bits per heavy atom. The van der Waals surface area contributed by atoms with Gasteiger partial charge in [0.25, 0.3) is 0 Å². The smallest absolute Gasteiger partial charge is 0.237 e. The first-order valence-electron chi connectivity index (χ1n) is 5.77. The Bertz CT molecular complexity index is 528. The fourth-order valence-corrected chi connectivity index (χ4v) is 2.26. The zero-order chi connectivity index (χ0) is 14.5. The SMILES string of the molecule is C[C@H](NS(C)(=O)=O)C(=O)NCCc1ccc(F)cc1. The lowest BCUT2D eigenvalue weighted by molar-refractivity contribution is -0.122. The summed E-state index contributed by atoms with van der Waals surface area (Å²) in [4.78, 5) is 11.6. The molecule has 19 heavy (non-hydrogen) atoms. The molecule has 0 radical (unpaired) electrons. The molecule has 0 aliphatic carbocycles. The molecule has 0 spiro atoms. The Balaban J connectivity index is 2.36. The molecule has 0 aliphatic rings. The van der Waals surface area contributed by atoms with Gasteiger partial charge >= 0.3 is 0 Å². The van der Waals surface area contributed by atoms with Gasteiger partial charge in [-0.2, -0.15) is 0 Å². The third kappa shape index (κ3) is 6.30. The standard InChI is InChI=1S/C12H17FN2O3S/c1-9(15-19(2,17)18)12(16)14-8-7-10-3-5-11(13)6-4-10/h3-6,9,15H,7-8H2,1-2H3,(H,14,16)/t9-/m0/s1. The van der Waals surface area contributed by atoms with Crippen LogP contribution in [0.1, 0.15) is 12.5 Å². The first kappa shape index (κ1) is 15.6. The number of carbonyl (C=O) groups is 1. The average Bonchev–Trinajstić information content (AvgIpc) is 2.29. The fourth-order valence-electron chi connectivity index (χ4n) is 1.51. The molecule has 0 bridgehead atoms. The predicted octanol–water partition coefficient (Wildman–Crippen LogP) is 0.422. The zero-order valence-corrected chi connectivity index (χ0v) is 11.6. The van der Waals surface area contributed by atoms with Crippen LogP contribution in [0.4, 0.5) is 4.39 Å². The summed E-state index contributed by atoms with van der Waals surface area (Å²) in [6.45, 7) is 1.83. The first-order valence-corrected chi connectivity index (χ1v) is 7.66. The molecule has 106 valence electrons. The van der Waals surface area contributed by atoms with Gasteiger partial charge in [-0.05, 0) is 31.0 Å². The van der Waals surface area contributed by atoms with Crippen molar-refractivity contribution in [3.05, 3.63) is 35.6 Å². The van der Waals surface area contributed by atoms with E-state index in [1.807, 2.05) is 0 Å². The first-order chi connectivity index (χ1) is 8.78. The number of hydrogen-bond donors (Lipinski definition) is 2. The minimum atomic E-state index is -3.40. The van der Waals surface area contributed by atoms with E-state index in [1.165, 1.54) is 19.1 Å². The van der Waals surface area contributed by atoms with Crippen molar-refractivity contribution in [2.24, 2.45) is 0 Å². The molecule has 1 atom stereocenters. The van der Waals surface area contributed by atoms with Crippen molar-refractivity contribution < 1.29 is 17.6 Å². The third-order valence-electron chi connectivity index (χ3n) is 2.41. The van der Waals surface area contributed by atoms with Crippen LogP contribution in [0.5, 0.6) is 0 Å². The highest BCUT2D eigenvalue weighted by atomic mass is 32.2. The lowest BCUT2D eigenvalue weighted by atomic mass is 10.1. The fraction of sp³-hybridized carbons (Fsp3) is 0.417. The minimum Gasteiger partial charge on any atom is -0.354 e. The van der Waals surface area contributed by atoms with E-state index in [0.717, 1.165) is 11.8 Å². The highest BCUT2D eigenvalue weighted by Crippen LogP contribution is 2.02. The van der Waals surface area contributed by atoms with Gasteiger partial charge in [-0.25, -0.2) is 17.5 Å². The summed E-state index contributed by atoms with van der Waals surface area (Å²) in [5.41, 5.74) is 0.894. The zero-order valence-electron chi connectivity index (χ0n) is 10.8. The summed E-state index contributed by atoms with van der Waals surface area (Å²) in [6.07, 6.45) is 1.55. The van der Waals surface area contributed by atoms with Crippen LogP contribution in [0.3, 0.4) is 0 Å². The molecule has 5 nitrogen and oxygen atoms in total. The topological polar surface area (TPSA) is 75.3 Å². The van der Waals surface area contributed by atoms with Crippen molar-refractivity contribution in [3.8, 4) is 0 Å². The summed E-state index contributed by atoms with van der Waals surface area (Å²) in [5, 5.41) is 2.61. The molecule has 0 unspecified atom stereocenters. The second kappa shape index (κ2) is 6.63. The molecule has 0 fully saturated rings. The van der Waals surface area contributed by atoms with Gasteiger partial charge < -0.3 is 5.32 Å². The molecule has 1 aromatic carbocycles. The quantitative estimate of drug-likeness (QED) is 0.796. The third-order valence-corrected chi connectivity index (χ3v) is 3.19. The molecule has 0 saturated heterocycles. The average molecular weight is 288 g/mol. The highest BCUT2D eigenvalue weighted by Gasteiger charge is 2.15. The Morgan fingerprint density at radius 2 is 1.89 bits per heavy atom. The second-order valence-electron chi connectivity index (χ2n) is 4.28. The van der Waals surface area contributed by atoms with Crippen LogP contribution >= 0.6 is 0 Å². The maximum atomic E-state index is 12.7. The molecule has 0 saturated carbocycles. The Kier molecular flexibility index (Phi) is 5.44. The number of halogens is 1. The summed E-state index contributed by atoms with van der Waals surface area (Å²) in [7, 11) is -3.40. The number of rotatable bonds is 6. The Labute approximate surface area is 112 Å². The summed E-state index contributed by atoms with van der Waals surface area (Å²) >= 11 is 0. The second-order valence-corrected chi connectivity index (χ2v) is 6.06. The molecule has 1 amide bonds. The van der Waals surface area contributed by atoms with E-state index in [9.17, 15) is 17.6 Å². The minimum absolute atomic E-state index is 0.307. The number of hydrogen-bond acceptors (Lipinski definition) is 3. The van der Waals surface area contributed by atoms with Crippen molar-refractivity contribution in [2.45, 2.75) is 19.4 Å². The number of carbonyl (C=O) groups excluding carboxylic acids is 1. The van der Waals surface area contributed by atoms with E-state index in [1.54, 1.807) is 12.1 Å². The van der Waals surface area contributed by atoms with Gasteiger partial charge in [0, 0.05) is 6.54 Å². The van der Waals surface area contributed by atoms with Crippen LogP contribution in [0.25, 0.3) is 0 Å². The largest absolute Gasteiger partial charge is 0.354 e. The van der Waals surface area contributed by atoms with Gasteiger partial charge in [-0.15, -0.1) is 0 Å². The summed E-state index contributed by atoms with van der Waals surface area (Å²) < 4.78 is 36.7. The van der Waals surface area contributed by atoms with E-state index in [-0.39, 0.29) is 5.82 Å². The van der Waals surface area contributed by atoms with Crippen LogP contribution in [-0.4, -0.2) is 33.2 Å². The Hall–Kier alpha value is -1.47. The predicted molar refractivity (Wildman–Crippen MR) is 70.6 cm³/mol. The van der Waals surface area contributed by atoms with Gasteiger partial charge in [-0.3, -0.25) is 4.79 Å². The molecular formula is C12H17FN2O3S. The van der Waals surface area contributed by atoms with Crippen LogP contribution in [0.15, 0.2) is 24.3 Å². The molecule has 0 aromatic heterocycles. The molecule has 7 heteroatoms. The van der Waals surface area contributed by atoms with Crippen LogP contribution in [-0.2, 0) is 21.2 Å². The Morgan fingerprint density at radius 3 is 2.42 bits per heavy atom. The van der Waals surface area contributed by atoms with Crippen LogP contribution in [0, 0.1) is 5.82 Å². The van der Waals surface area contributed by atoms with Crippen molar-refractivity contribution >= 4 is 15.9 Å². The maximum Gasteiger partial charge on any atom is 0.237 e.